The van der Waals surface area contributed by atoms with Crippen LogP contribution >= 0.6 is 11.8 Å². The molecule has 1 N–H and O–H groups in total. The van der Waals surface area contributed by atoms with Gasteiger partial charge < -0.3 is 10.1 Å². The highest BCUT2D eigenvalue weighted by Crippen LogP contribution is 2.25. The molecule has 0 aromatic rings. The summed E-state index contributed by atoms with van der Waals surface area (Å²) in [5.41, 5.74) is 0. The smallest absolute Gasteiger partial charge is 0.246 e. The first-order valence-corrected chi connectivity index (χ1v) is 6.34. The molecule has 1 saturated heterocycles. The highest BCUT2D eigenvalue weighted by Gasteiger charge is 2.15. The van der Waals surface area contributed by atoms with Crippen LogP contribution in [-0.2, 0) is 9.53 Å². The van der Waals surface area contributed by atoms with Crippen molar-refractivity contribution in [3.8, 4) is 0 Å². The van der Waals surface area contributed by atoms with Crippen LogP contribution in [0.3, 0.4) is 0 Å². The van der Waals surface area contributed by atoms with Crippen molar-refractivity contribution in [3.63, 3.8) is 0 Å². The van der Waals surface area contributed by atoms with Crippen LogP contribution in [0, 0.1) is 0 Å². The van der Waals surface area contributed by atoms with Crippen molar-refractivity contribution < 1.29 is 9.53 Å². The molecular weight excluding hydrogens is 198 g/mol. The van der Waals surface area contributed by atoms with Gasteiger partial charge in [0, 0.05) is 18.4 Å². The topological polar surface area (TPSA) is 38.3 Å². The molecule has 3 nitrogen and oxygen atoms in total. The van der Waals surface area contributed by atoms with E-state index in [0.29, 0.717) is 11.9 Å². The monoisotopic (exact) mass is 217 g/mol. The Labute approximate surface area is 90.0 Å². The summed E-state index contributed by atoms with van der Waals surface area (Å²) in [5.74, 6) is 1.26. The third-order valence-electron chi connectivity index (χ3n) is 2.13. The molecule has 1 unspecified atom stereocenters. The predicted octanol–water partition coefficient (Wildman–Crippen LogP) is 1.42. The van der Waals surface area contributed by atoms with E-state index in [9.17, 15) is 4.79 Å². The molecule has 1 aliphatic rings. The molecule has 1 heterocycles. The van der Waals surface area contributed by atoms with Crippen LogP contribution in [0.5, 0.6) is 0 Å². The summed E-state index contributed by atoms with van der Waals surface area (Å²) < 4.78 is 5.14. The maximum Gasteiger partial charge on any atom is 0.246 e. The number of hydrogen-bond donors (Lipinski definition) is 1. The highest BCUT2D eigenvalue weighted by molar-refractivity contribution is 8.00. The van der Waals surface area contributed by atoms with Gasteiger partial charge in [-0.05, 0) is 25.0 Å². The summed E-state index contributed by atoms with van der Waals surface area (Å²) in [7, 11) is 0. The predicted molar refractivity (Wildman–Crippen MR) is 59.6 cm³/mol. The summed E-state index contributed by atoms with van der Waals surface area (Å²) in [4.78, 5) is 11.2. The Morgan fingerprint density at radius 1 is 1.64 bits per heavy atom. The standard InChI is InChI=1S/C10H19NO2S/c1-2-5-13-8-10(12)11-7-9-4-3-6-14-9/h9H,2-8H2,1H3,(H,11,12). The second-order valence-corrected chi connectivity index (χ2v) is 4.90. The van der Waals surface area contributed by atoms with Crippen LogP contribution in [0.25, 0.3) is 0 Å². The summed E-state index contributed by atoms with van der Waals surface area (Å²) >= 11 is 1.96. The molecule has 1 aliphatic heterocycles. The molecule has 1 rings (SSSR count). The van der Waals surface area contributed by atoms with E-state index in [0.717, 1.165) is 13.0 Å². The maximum atomic E-state index is 11.2. The van der Waals surface area contributed by atoms with Gasteiger partial charge in [0.25, 0.3) is 0 Å². The zero-order valence-electron chi connectivity index (χ0n) is 8.75. The molecule has 14 heavy (non-hydrogen) atoms. The van der Waals surface area contributed by atoms with Gasteiger partial charge in [-0.2, -0.15) is 11.8 Å². The minimum atomic E-state index is 0.0194. The van der Waals surface area contributed by atoms with E-state index in [-0.39, 0.29) is 12.5 Å². The fourth-order valence-corrected chi connectivity index (χ4v) is 2.59. The van der Waals surface area contributed by atoms with E-state index >= 15 is 0 Å². The molecule has 0 radical (unpaired) electrons. The lowest BCUT2D eigenvalue weighted by Gasteiger charge is -2.09. The van der Waals surface area contributed by atoms with Gasteiger partial charge in [0.05, 0.1) is 0 Å². The van der Waals surface area contributed by atoms with Gasteiger partial charge in [-0.1, -0.05) is 6.92 Å². The summed E-state index contributed by atoms with van der Waals surface area (Å²) in [6.45, 7) is 3.73. The van der Waals surface area contributed by atoms with Crippen molar-refractivity contribution >= 4 is 17.7 Å². The Balaban J connectivity index is 1.96. The second-order valence-electron chi connectivity index (χ2n) is 3.49. The molecule has 82 valence electrons. The van der Waals surface area contributed by atoms with E-state index in [2.05, 4.69) is 5.32 Å². The van der Waals surface area contributed by atoms with Crippen LogP contribution in [-0.4, -0.2) is 36.7 Å². The van der Waals surface area contributed by atoms with Gasteiger partial charge in [0.1, 0.15) is 6.61 Å². The van der Waals surface area contributed by atoms with Crippen molar-refractivity contribution in [1.29, 1.82) is 0 Å². The minimum Gasteiger partial charge on any atom is -0.372 e. The van der Waals surface area contributed by atoms with E-state index in [4.69, 9.17) is 4.74 Å². The summed E-state index contributed by atoms with van der Waals surface area (Å²) in [5, 5.41) is 3.53. The average Bonchev–Trinajstić information content (AvgIpc) is 2.68. The first-order valence-electron chi connectivity index (χ1n) is 5.29. The summed E-state index contributed by atoms with van der Waals surface area (Å²) in [6, 6.07) is 0. The lowest BCUT2D eigenvalue weighted by atomic mass is 10.2. The van der Waals surface area contributed by atoms with Crippen molar-refractivity contribution in [3.05, 3.63) is 0 Å². The normalized spacial score (nSPS) is 21.1. The van der Waals surface area contributed by atoms with Crippen LogP contribution in [0.15, 0.2) is 0 Å². The molecule has 0 aromatic heterocycles. The fourth-order valence-electron chi connectivity index (χ4n) is 1.39. The molecule has 0 aromatic carbocycles. The van der Waals surface area contributed by atoms with Crippen molar-refractivity contribution in [2.45, 2.75) is 31.4 Å². The number of nitrogens with one attached hydrogen (secondary N) is 1. The molecule has 1 atom stereocenters. The van der Waals surface area contributed by atoms with E-state index in [1.807, 2.05) is 18.7 Å². The molecular formula is C10H19NO2S. The third kappa shape index (κ3) is 4.86. The quantitative estimate of drug-likeness (QED) is 0.684. The Morgan fingerprint density at radius 2 is 2.50 bits per heavy atom. The lowest BCUT2D eigenvalue weighted by molar-refractivity contribution is -0.125. The lowest BCUT2D eigenvalue weighted by Crippen LogP contribution is -2.32. The van der Waals surface area contributed by atoms with Crippen molar-refractivity contribution in [2.24, 2.45) is 0 Å². The Kier molecular flexibility index (Phi) is 6.03. The number of ether oxygens (including phenoxy) is 1. The van der Waals surface area contributed by atoms with Gasteiger partial charge in [-0.15, -0.1) is 0 Å². The largest absolute Gasteiger partial charge is 0.372 e. The number of rotatable bonds is 6. The Morgan fingerprint density at radius 3 is 3.14 bits per heavy atom. The first kappa shape index (κ1) is 11.9. The number of hydrogen-bond acceptors (Lipinski definition) is 3. The summed E-state index contributed by atoms with van der Waals surface area (Å²) in [6.07, 6.45) is 3.49. The van der Waals surface area contributed by atoms with Crippen molar-refractivity contribution in [2.75, 3.05) is 25.5 Å². The zero-order chi connectivity index (χ0) is 10.2. The molecule has 0 spiro atoms. The van der Waals surface area contributed by atoms with Gasteiger partial charge in [-0.25, -0.2) is 0 Å². The number of carbonyl (C=O) groups excluding carboxylic acids is 1. The number of carbonyl (C=O) groups is 1. The maximum absolute atomic E-state index is 11.2. The third-order valence-corrected chi connectivity index (χ3v) is 3.53. The van der Waals surface area contributed by atoms with E-state index in [1.165, 1.54) is 18.6 Å². The van der Waals surface area contributed by atoms with Crippen LogP contribution in [0.1, 0.15) is 26.2 Å². The van der Waals surface area contributed by atoms with Crippen molar-refractivity contribution in [1.82, 2.24) is 5.32 Å². The van der Waals surface area contributed by atoms with E-state index in [1.54, 1.807) is 0 Å². The molecule has 1 fully saturated rings. The minimum absolute atomic E-state index is 0.0194. The van der Waals surface area contributed by atoms with Gasteiger partial charge >= 0.3 is 0 Å². The van der Waals surface area contributed by atoms with Crippen LogP contribution in [0.2, 0.25) is 0 Å². The average molecular weight is 217 g/mol. The number of amides is 1. The van der Waals surface area contributed by atoms with Gasteiger partial charge in [-0.3, -0.25) is 4.79 Å². The number of thioether (sulfide) groups is 1. The van der Waals surface area contributed by atoms with Crippen LogP contribution < -0.4 is 5.32 Å². The van der Waals surface area contributed by atoms with Crippen LogP contribution in [0.4, 0.5) is 0 Å². The van der Waals surface area contributed by atoms with E-state index < -0.39 is 0 Å². The Hall–Kier alpha value is -0.220. The van der Waals surface area contributed by atoms with Gasteiger partial charge in [0.2, 0.25) is 5.91 Å². The molecule has 4 heteroatoms. The van der Waals surface area contributed by atoms with Gasteiger partial charge in [0.15, 0.2) is 0 Å². The Bertz CT molecular complexity index is 170. The molecule has 0 aliphatic carbocycles. The highest BCUT2D eigenvalue weighted by atomic mass is 32.2. The zero-order valence-corrected chi connectivity index (χ0v) is 9.57. The molecule has 1 amide bonds. The SMILES string of the molecule is CCCOCC(=O)NCC1CCCS1. The first-order chi connectivity index (χ1) is 6.83. The molecule has 0 saturated carbocycles. The fraction of sp³-hybridized carbons (Fsp3) is 0.900. The molecule has 0 bridgehead atoms. The second kappa shape index (κ2) is 7.12.